The fourth-order valence-corrected chi connectivity index (χ4v) is 2.51. The lowest BCUT2D eigenvalue weighted by molar-refractivity contribution is 0.515. The summed E-state index contributed by atoms with van der Waals surface area (Å²) in [5.41, 5.74) is 5.40. The summed E-state index contributed by atoms with van der Waals surface area (Å²) in [4.78, 5) is 0.301. The Morgan fingerprint density at radius 1 is 1.31 bits per heavy atom. The van der Waals surface area contributed by atoms with Crippen molar-refractivity contribution in [2.45, 2.75) is 18.2 Å². The Hall–Kier alpha value is -0.910. The van der Waals surface area contributed by atoms with Gasteiger partial charge >= 0.3 is 0 Å². The fourth-order valence-electron chi connectivity index (χ4n) is 1.32. The SMILES string of the molecule is CC(CCN)CNS(=O)(=O)c1ccccc1. The molecule has 1 aromatic carbocycles. The van der Waals surface area contributed by atoms with Gasteiger partial charge in [-0.3, -0.25) is 0 Å². The number of hydrogen-bond acceptors (Lipinski definition) is 3. The fraction of sp³-hybridized carbons (Fsp3) is 0.455. The van der Waals surface area contributed by atoms with Crippen molar-refractivity contribution in [3.8, 4) is 0 Å². The quantitative estimate of drug-likeness (QED) is 0.780. The van der Waals surface area contributed by atoms with Gasteiger partial charge in [0.2, 0.25) is 10.0 Å². The van der Waals surface area contributed by atoms with E-state index in [0.717, 1.165) is 6.42 Å². The molecule has 4 nitrogen and oxygen atoms in total. The minimum Gasteiger partial charge on any atom is -0.330 e. The lowest BCUT2D eigenvalue weighted by Crippen LogP contribution is -2.29. The predicted molar refractivity (Wildman–Crippen MR) is 64.5 cm³/mol. The van der Waals surface area contributed by atoms with Crippen LogP contribution in [0.1, 0.15) is 13.3 Å². The summed E-state index contributed by atoms with van der Waals surface area (Å²) in [6.07, 6.45) is 0.817. The topological polar surface area (TPSA) is 72.2 Å². The Balaban J connectivity index is 2.60. The number of sulfonamides is 1. The van der Waals surface area contributed by atoms with Crippen molar-refractivity contribution >= 4 is 10.0 Å². The summed E-state index contributed by atoms with van der Waals surface area (Å²) in [7, 11) is -3.36. The zero-order chi connectivity index (χ0) is 12.0. The van der Waals surface area contributed by atoms with Gasteiger partial charge in [0.15, 0.2) is 0 Å². The molecule has 1 atom stereocenters. The van der Waals surface area contributed by atoms with Gasteiger partial charge in [-0.25, -0.2) is 13.1 Å². The van der Waals surface area contributed by atoms with Crippen LogP contribution in [0, 0.1) is 5.92 Å². The Labute approximate surface area is 96.9 Å². The molecule has 0 spiro atoms. The van der Waals surface area contributed by atoms with Gasteiger partial charge in [0.05, 0.1) is 4.90 Å². The van der Waals surface area contributed by atoms with Crippen LogP contribution in [0.5, 0.6) is 0 Å². The number of nitrogens with one attached hydrogen (secondary N) is 1. The van der Waals surface area contributed by atoms with Crippen molar-refractivity contribution in [1.29, 1.82) is 0 Å². The number of hydrogen-bond donors (Lipinski definition) is 2. The minimum atomic E-state index is -3.36. The molecule has 1 rings (SSSR count). The molecule has 0 heterocycles. The van der Waals surface area contributed by atoms with E-state index in [1.165, 1.54) is 0 Å². The van der Waals surface area contributed by atoms with E-state index in [9.17, 15) is 8.42 Å². The summed E-state index contributed by atoms with van der Waals surface area (Å²) >= 11 is 0. The van der Waals surface area contributed by atoms with Crippen LogP contribution in [0.3, 0.4) is 0 Å². The first kappa shape index (κ1) is 13.2. The highest BCUT2D eigenvalue weighted by Gasteiger charge is 2.13. The van der Waals surface area contributed by atoms with Crippen LogP contribution in [0.15, 0.2) is 35.2 Å². The van der Waals surface area contributed by atoms with E-state index >= 15 is 0 Å². The van der Waals surface area contributed by atoms with Crippen LogP contribution < -0.4 is 10.5 Å². The lowest BCUT2D eigenvalue weighted by atomic mass is 10.1. The molecule has 0 saturated heterocycles. The molecule has 0 aliphatic rings. The molecular formula is C11H18N2O2S. The van der Waals surface area contributed by atoms with E-state index in [0.29, 0.717) is 18.0 Å². The van der Waals surface area contributed by atoms with E-state index in [2.05, 4.69) is 4.72 Å². The Morgan fingerprint density at radius 3 is 2.50 bits per heavy atom. The number of benzene rings is 1. The summed E-state index contributed by atoms with van der Waals surface area (Å²) in [5, 5.41) is 0. The molecular weight excluding hydrogens is 224 g/mol. The largest absolute Gasteiger partial charge is 0.330 e. The molecule has 0 fully saturated rings. The number of rotatable bonds is 6. The molecule has 16 heavy (non-hydrogen) atoms. The van der Waals surface area contributed by atoms with Crippen molar-refractivity contribution in [2.24, 2.45) is 11.7 Å². The average molecular weight is 242 g/mol. The van der Waals surface area contributed by atoms with Crippen LogP contribution in [0.2, 0.25) is 0 Å². The Bertz CT molecular complexity index is 403. The van der Waals surface area contributed by atoms with Crippen molar-refractivity contribution in [3.63, 3.8) is 0 Å². The van der Waals surface area contributed by atoms with Crippen LogP contribution in [0.25, 0.3) is 0 Å². The molecule has 0 aliphatic heterocycles. The van der Waals surface area contributed by atoms with Crippen LogP contribution in [-0.2, 0) is 10.0 Å². The summed E-state index contributed by atoms with van der Waals surface area (Å²) in [6.45, 7) is 2.98. The Morgan fingerprint density at radius 2 is 1.94 bits per heavy atom. The van der Waals surface area contributed by atoms with E-state index in [1.54, 1.807) is 30.3 Å². The molecule has 5 heteroatoms. The highest BCUT2D eigenvalue weighted by Crippen LogP contribution is 2.08. The molecule has 0 saturated carbocycles. The molecule has 0 aliphatic carbocycles. The highest BCUT2D eigenvalue weighted by atomic mass is 32.2. The second kappa shape index (κ2) is 5.98. The maximum Gasteiger partial charge on any atom is 0.240 e. The van der Waals surface area contributed by atoms with Crippen molar-refractivity contribution < 1.29 is 8.42 Å². The van der Waals surface area contributed by atoms with Crippen molar-refractivity contribution in [1.82, 2.24) is 4.72 Å². The van der Waals surface area contributed by atoms with Gasteiger partial charge in [-0.15, -0.1) is 0 Å². The maximum absolute atomic E-state index is 11.8. The summed E-state index contributed by atoms with van der Waals surface area (Å²) in [5.74, 6) is 0.253. The second-order valence-corrected chi connectivity index (χ2v) is 5.61. The van der Waals surface area contributed by atoms with Crippen LogP contribution in [0.4, 0.5) is 0 Å². The molecule has 90 valence electrons. The van der Waals surface area contributed by atoms with Crippen LogP contribution in [-0.4, -0.2) is 21.5 Å². The normalized spacial score (nSPS) is 13.6. The monoisotopic (exact) mass is 242 g/mol. The van der Waals surface area contributed by atoms with E-state index in [-0.39, 0.29) is 5.92 Å². The third-order valence-corrected chi connectivity index (χ3v) is 3.77. The van der Waals surface area contributed by atoms with E-state index in [4.69, 9.17) is 5.73 Å². The van der Waals surface area contributed by atoms with Crippen molar-refractivity contribution in [2.75, 3.05) is 13.1 Å². The molecule has 3 N–H and O–H groups in total. The van der Waals surface area contributed by atoms with Crippen molar-refractivity contribution in [3.05, 3.63) is 30.3 Å². The first-order chi connectivity index (χ1) is 7.56. The van der Waals surface area contributed by atoms with Gasteiger partial charge in [0, 0.05) is 6.54 Å². The zero-order valence-corrected chi connectivity index (χ0v) is 10.2. The second-order valence-electron chi connectivity index (χ2n) is 3.85. The van der Waals surface area contributed by atoms with Gasteiger partial charge in [0.25, 0.3) is 0 Å². The van der Waals surface area contributed by atoms with Gasteiger partial charge < -0.3 is 5.73 Å². The third-order valence-electron chi connectivity index (χ3n) is 2.33. The summed E-state index contributed by atoms with van der Waals surface area (Å²) < 4.78 is 26.2. The molecule has 0 bridgehead atoms. The van der Waals surface area contributed by atoms with Gasteiger partial charge in [-0.2, -0.15) is 0 Å². The smallest absolute Gasteiger partial charge is 0.240 e. The lowest BCUT2D eigenvalue weighted by Gasteiger charge is -2.11. The maximum atomic E-state index is 11.8. The van der Waals surface area contributed by atoms with Gasteiger partial charge in [-0.1, -0.05) is 25.1 Å². The molecule has 0 amide bonds. The average Bonchev–Trinajstić information content (AvgIpc) is 2.28. The predicted octanol–water partition coefficient (Wildman–Crippen LogP) is 0.950. The molecule has 1 unspecified atom stereocenters. The number of nitrogens with two attached hydrogens (primary N) is 1. The van der Waals surface area contributed by atoms with Gasteiger partial charge in [-0.05, 0) is 31.0 Å². The van der Waals surface area contributed by atoms with E-state index in [1.807, 2.05) is 6.92 Å². The van der Waals surface area contributed by atoms with Crippen LogP contribution >= 0.6 is 0 Å². The first-order valence-corrected chi connectivity index (χ1v) is 6.79. The summed E-state index contributed by atoms with van der Waals surface area (Å²) in [6, 6.07) is 8.36. The van der Waals surface area contributed by atoms with Gasteiger partial charge in [0.1, 0.15) is 0 Å². The zero-order valence-electron chi connectivity index (χ0n) is 9.39. The minimum absolute atomic E-state index is 0.253. The van der Waals surface area contributed by atoms with E-state index < -0.39 is 10.0 Å². The molecule has 1 aromatic rings. The third kappa shape index (κ3) is 3.92. The highest BCUT2D eigenvalue weighted by molar-refractivity contribution is 7.89. The first-order valence-electron chi connectivity index (χ1n) is 5.31. The standard InChI is InChI=1S/C11H18N2O2S/c1-10(7-8-12)9-13-16(14,15)11-5-3-2-4-6-11/h2-6,10,13H,7-9,12H2,1H3. The Kier molecular flexibility index (Phi) is 4.92. The molecule has 0 radical (unpaired) electrons. The molecule has 0 aromatic heterocycles.